The quantitative estimate of drug-likeness (QED) is 0.596. The van der Waals surface area contributed by atoms with E-state index in [1.54, 1.807) is 6.07 Å². The largest absolute Gasteiger partial charge is 0.423 e. The monoisotopic (exact) mass is 322 g/mol. The lowest BCUT2D eigenvalue weighted by molar-refractivity contribution is -0.134. The summed E-state index contributed by atoms with van der Waals surface area (Å²) in [6.07, 6.45) is 0.257. The second-order valence-corrected chi connectivity index (χ2v) is 5.44. The molecule has 0 aliphatic carbocycles. The zero-order valence-electron chi connectivity index (χ0n) is 13.7. The smallest absolute Gasteiger partial charge is 0.308 e. The number of carbonyl (C=O) groups excluding carboxylic acids is 3. The number of hydrogen-bond acceptors (Lipinski definition) is 6. The molecule has 1 rings (SSSR count). The highest BCUT2D eigenvalue weighted by atomic mass is 16.6. The molecule has 1 amide bonds. The molecule has 0 aliphatic heterocycles. The van der Waals surface area contributed by atoms with E-state index in [1.165, 1.54) is 26.0 Å². The minimum Gasteiger partial charge on any atom is -0.423 e. The van der Waals surface area contributed by atoms with Gasteiger partial charge in [-0.25, -0.2) is 0 Å². The maximum Gasteiger partial charge on any atom is 0.308 e. The minimum atomic E-state index is -0.734. The number of ether oxygens (including phenoxy) is 2. The zero-order valence-corrected chi connectivity index (χ0v) is 13.7. The average Bonchev–Trinajstić information content (AvgIpc) is 2.39. The normalized spacial score (nSPS) is 11.7. The lowest BCUT2D eigenvalue weighted by atomic mass is 10.0. The molecule has 1 atom stereocenters. The molecule has 0 aromatic heterocycles. The molecular formula is C16H22N2O5. The van der Waals surface area contributed by atoms with Crippen molar-refractivity contribution in [1.82, 2.24) is 5.32 Å². The number of rotatable bonds is 6. The SMILES string of the molecule is CC(=O)Oc1ccc(C[C@H](N)C(=O)NC(C)C)cc1OC(C)=O. The van der Waals surface area contributed by atoms with E-state index in [1.807, 2.05) is 13.8 Å². The summed E-state index contributed by atoms with van der Waals surface area (Å²) >= 11 is 0. The molecule has 7 heteroatoms. The number of nitrogens with one attached hydrogen (secondary N) is 1. The van der Waals surface area contributed by atoms with Gasteiger partial charge in [0.15, 0.2) is 11.5 Å². The highest BCUT2D eigenvalue weighted by Gasteiger charge is 2.17. The first-order valence-corrected chi connectivity index (χ1v) is 7.24. The van der Waals surface area contributed by atoms with Crippen LogP contribution < -0.4 is 20.5 Å². The van der Waals surface area contributed by atoms with Gasteiger partial charge in [-0.2, -0.15) is 0 Å². The fourth-order valence-corrected chi connectivity index (χ4v) is 1.89. The van der Waals surface area contributed by atoms with Crippen molar-refractivity contribution in [2.24, 2.45) is 5.73 Å². The number of nitrogens with two attached hydrogens (primary N) is 1. The van der Waals surface area contributed by atoms with Gasteiger partial charge in [0, 0.05) is 19.9 Å². The Kier molecular flexibility index (Phi) is 6.71. The molecule has 126 valence electrons. The van der Waals surface area contributed by atoms with Gasteiger partial charge in [-0.3, -0.25) is 14.4 Å². The zero-order chi connectivity index (χ0) is 17.6. The topological polar surface area (TPSA) is 108 Å². The van der Waals surface area contributed by atoms with Crippen LogP contribution >= 0.6 is 0 Å². The third-order valence-electron chi connectivity index (χ3n) is 2.74. The molecular weight excluding hydrogens is 300 g/mol. The molecule has 7 nitrogen and oxygen atoms in total. The molecule has 0 spiro atoms. The average molecular weight is 322 g/mol. The van der Waals surface area contributed by atoms with Crippen LogP contribution in [0.1, 0.15) is 33.3 Å². The minimum absolute atomic E-state index is 0.00324. The van der Waals surface area contributed by atoms with Crippen LogP contribution in [-0.2, 0) is 20.8 Å². The van der Waals surface area contributed by atoms with E-state index < -0.39 is 18.0 Å². The predicted octanol–water partition coefficient (Wildman–Crippen LogP) is 0.932. The maximum atomic E-state index is 11.8. The molecule has 0 bridgehead atoms. The molecule has 1 aromatic rings. The summed E-state index contributed by atoms with van der Waals surface area (Å²) in [7, 11) is 0. The van der Waals surface area contributed by atoms with Crippen molar-refractivity contribution in [3.63, 3.8) is 0 Å². The lowest BCUT2D eigenvalue weighted by Crippen LogP contribution is -2.44. The van der Waals surface area contributed by atoms with Gasteiger partial charge in [0.05, 0.1) is 6.04 Å². The number of hydrogen-bond donors (Lipinski definition) is 2. The molecule has 3 N–H and O–H groups in total. The standard InChI is InChI=1S/C16H22N2O5/c1-9(2)18-16(21)13(17)7-12-5-6-14(22-10(3)19)15(8-12)23-11(4)20/h5-6,8-9,13H,7,17H2,1-4H3,(H,18,21)/t13-/m0/s1. The number of benzene rings is 1. The van der Waals surface area contributed by atoms with Crippen molar-refractivity contribution in [3.05, 3.63) is 23.8 Å². The Hall–Kier alpha value is -2.41. The van der Waals surface area contributed by atoms with E-state index in [0.717, 1.165) is 0 Å². The second-order valence-electron chi connectivity index (χ2n) is 5.44. The Balaban J connectivity index is 2.93. The highest BCUT2D eigenvalue weighted by molar-refractivity contribution is 5.82. The van der Waals surface area contributed by atoms with Crippen LogP contribution in [0.4, 0.5) is 0 Å². The van der Waals surface area contributed by atoms with E-state index in [4.69, 9.17) is 15.2 Å². The van der Waals surface area contributed by atoms with Crippen molar-refractivity contribution in [2.45, 2.75) is 46.2 Å². The van der Waals surface area contributed by atoms with Crippen LogP contribution in [0.2, 0.25) is 0 Å². The van der Waals surface area contributed by atoms with Crippen molar-refractivity contribution in [2.75, 3.05) is 0 Å². The number of carbonyl (C=O) groups is 3. The van der Waals surface area contributed by atoms with Gasteiger partial charge >= 0.3 is 11.9 Å². The summed E-state index contributed by atoms with van der Waals surface area (Å²) in [6, 6.07) is 3.96. The van der Waals surface area contributed by atoms with Gasteiger partial charge < -0.3 is 20.5 Å². The Bertz CT molecular complexity index is 598. The van der Waals surface area contributed by atoms with E-state index in [-0.39, 0.29) is 29.9 Å². The van der Waals surface area contributed by atoms with Gasteiger partial charge in [-0.15, -0.1) is 0 Å². The molecule has 0 heterocycles. The number of esters is 2. The second kappa shape index (κ2) is 8.28. The third-order valence-corrected chi connectivity index (χ3v) is 2.74. The Morgan fingerprint density at radius 1 is 1.09 bits per heavy atom. The van der Waals surface area contributed by atoms with E-state index >= 15 is 0 Å². The summed E-state index contributed by atoms with van der Waals surface area (Å²) in [4.78, 5) is 34.1. The fourth-order valence-electron chi connectivity index (χ4n) is 1.89. The van der Waals surface area contributed by atoms with Crippen LogP contribution in [0.3, 0.4) is 0 Å². The van der Waals surface area contributed by atoms with Crippen LogP contribution in [0.5, 0.6) is 11.5 Å². The highest BCUT2D eigenvalue weighted by Crippen LogP contribution is 2.29. The fraction of sp³-hybridized carbons (Fsp3) is 0.438. The van der Waals surface area contributed by atoms with Gasteiger partial charge in [-0.05, 0) is 38.0 Å². The molecule has 0 saturated heterocycles. The number of amides is 1. The molecule has 0 aliphatic rings. The van der Waals surface area contributed by atoms with Crippen LogP contribution in [-0.4, -0.2) is 29.9 Å². The van der Waals surface area contributed by atoms with Gasteiger partial charge in [-0.1, -0.05) is 6.07 Å². The van der Waals surface area contributed by atoms with Crippen molar-refractivity contribution < 1.29 is 23.9 Å². The Morgan fingerprint density at radius 3 is 2.17 bits per heavy atom. The molecule has 0 radical (unpaired) electrons. The maximum absolute atomic E-state index is 11.8. The summed E-state index contributed by atoms with van der Waals surface area (Å²) in [6.45, 7) is 6.18. The van der Waals surface area contributed by atoms with E-state index in [2.05, 4.69) is 5.32 Å². The van der Waals surface area contributed by atoms with Gasteiger partial charge in [0.2, 0.25) is 5.91 Å². The summed E-state index contributed by atoms with van der Waals surface area (Å²) in [5, 5.41) is 2.73. The molecule has 0 fully saturated rings. The van der Waals surface area contributed by atoms with Gasteiger partial charge in [0.1, 0.15) is 0 Å². The van der Waals surface area contributed by atoms with Crippen LogP contribution in [0.25, 0.3) is 0 Å². The van der Waals surface area contributed by atoms with Crippen molar-refractivity contribution in [3.8, 4) is 11.5 Å². The van der Waals surface area contributed by atoms with Gasteiger partial charge in [0.25, 0.3) is 0 Å². The lowest BCUT2D eigenvalue weighted by Gasteiger charge is -2.15. The molecule has 0 unspecified atom stereocenters. The Labute approximate surface area is 135 Å². The summed E-state index contributed by atoms with van der Waals surface area (Å²) in [5.74, 6) is -1.09. The summed E-state index contributed by atoms with van der Waals surface area (Å²) in [5.41, 5.74) is 6.55. The molecule has 23 heavy (non-hydrogen) atoms. The predicted molar refractivity (Wildman–Crippen MR) is 84.0 cm³/mol. The van der Waals surface area contributed by atoms with E-state index in [9.17, 15) is 14.4 Å². The first-order chi connectivity index (χ1) is 10.7. The van der Waals surface area contributed by atoms with Crippen molar-refractivity contribution in [1.29, 1.82) is 0 Å². The van der Waals surface area contributed by atoms with E-state index in [0.29, 0.717) is 5.56 Å². The third kappa shape index (κ3) is 6.48. The Morgan fingerprint density at radius 2 is 1.65 bits per heavy atom. The summed E-state index contributed by atoms with van der Waals surface area (Å²) < 4.78 is 10.0. The molecule has 1 aromatic carbocycles. The van der Waals surface area contributed by atoms with Crippen LogP contribution in [0.15, 0.2) is 18.2 Å². The first kappa shape index (κ1) is 18.6. The molecule has 0 saturated carbocycles. The van der Waals surface area contributed by atoms with Crippen LogP contribution in [0, 0.1) is 0 Å². The first-order valence-electron chi connectivity index (χ1n) is 7.24. The van der Waals surface area contributed by atoms with Crippen molar-refractivity contribution >= 4 is 17.8 Å².